The largest absolute Gasteiger partial charge is 0.481 e. The highest BCUT2D eigenvalue weighted by Gasteiger charge is 2.21. The van der Waals surface area contributed by atoms with Crippen LogP contribution in [0.2, 0.25) is 0 Å². The monoisotopic (exact) mass is 566 g/mol. The zero-order valence-corrected chi connectivity index (χ0v) is 23.1. The highest BCUT2D eigenvalue weighted by atomic mass is 19.1. The van der Waals surface area contributed by atoms with Crippen molar-refractivity contribution in [1.29, 1.82) is 0 Å². The van der Waals surface area contributed by atoms with E-state index in [4.69, 9.17) is 24.3 Å². The van der Waals surface area contributed by atoms with Gasteiger partial charge in [0.1, 0.15) is 18.2 Å². The fourth-order valence-electron chi connectivity index (χ4n) is 3.66. The molecule has 3 N–H and O–H groups in total. The first-order valence-corrected chi connectivity index (χ1v) is 13.1. The summed E-state index contributed by atoms with van der Waals surface area (Å²) in [7, 11) is 0. The molecule has 2 aromatic carbocycles. The number of hydrogen-bond donors (Lipinski definition) is 2. The van der Waals surface area contributed by atoms with E-state index in [0.29, 0.717) is 29.4 Å². The smallest absolute Gasteiger partial charge is 0.319 e. The Balaban J connectivity index is 1.38. The Morgan fingerprint density at radius 2 is 1.61 bits per heavy atom. The second-order valence-electron chi connectivity index (χ2n) is 9.51. The molecule has 13 heteroatoms. The minimum atomic E-state index is -0.772. The van der Waals surface area contributed by atoms with Crippen LogP contribution in [0.3, 0.4) is 0 Å². The van der Waals surface area contributed by atoms with Crippen molar-refractivity contribution in [2.75, 3.05) is 13.2 Å². The van der Waals surface area contributed by atoms with Gasteiger partial charge in [-0.15, -0.1) is 0 Å². The van der Waals surface area contributed by atoms with Gasteiger partial charge in [-0.05, 0) is 49.7 Å². The zero-order valence-electron chi connectivity index (χ0n) is 23.1. The lowest BCUT2D eigenvalue weighted by Crippen LogP contribution is -2.39. The number of nitrogens with two attached hydrogens (primary N) is 1. The third kappa shape index (κ3) is 7.31. The van der Waals surface area contributed by atoms with Gasteiger partial charge in [0.15, 0.2) is 6.10 Å². The topological polar surface area (TPSA) is 168 Å². The standard InChI is InChI=1S/C28H31FN6O6/c1-5-19(14-38-23(36)13-30)31-26(37)21-11-8-18(12-22(21)29)25-33-28(41-35-25)16(4)39-20-9-6-17(7-10-20)24-32-27(15(2)3)40-34-24/h6-12,15-16,19H,5,13-14,30H2,1-4H3,(H,31,37). The molecule has 0 bridgehead atoms. The summed E-state index contributed by atoms with van der Waals surface area (Å²) in [6.45, 7) is 7.15. The molecule has 0 aliphatic rings. The fourth-order valence-corrected chi connectivity index (χ4v) is 3.66. The highest BCUT2D eigenvalue weighted by molar-refractivity contribution is 5.95. The summed E-state index contributed by atoms with van der Waals surface area (Å²) in [5.74, 6) is 0.0456. The Labute approximate surface area is 235 Å². The average molecular weight is 567 g/mol. The van der Waals surface area contributed by atoms with Gasteiger partial charge in [0.05, 0.1) is 18.2 Å². The van der Waals surface area contributed by atoms with Gasteiger partial charge in [0, 0.05) is 17.0 Å². The first kappa shape index (κ1) is 29.3. The first-order chi connectivity index (χ1) is 19.7. The second kappa shape index (κ2) is 13.1. The number of rotatable bonds is 12. The number of esters is 1. The predicted molar refractivity (Wildman–Crippen MR) is 144 cm³/mol. The van der Waals surface area contributed by atoms with E-state index in [1.807, 2.05) is 26.0 Å². The van der Waals surface area contributed by atoms with Crippen molar-refractivity contribution in [3.8, 4) is 28.5 Å². The third-order valence-corrected chi connectivity index (χ3v) is 6.06. The molecule has 0 fully saturated rings. The lowest BCUT2D eigenvalue weighted by molar-refractivity contribution is -0.142. The van der Waals surface area contributed by atoms with Crippen molar-refractivity contribution < 1.29 is 32.5 Å². The molecule has 0 aliphatic carbocycles. The van der Waals surface area contributed by atoms with Crippen molar-refractivity contribution >= 4 is 11.9 Å². The summed E-state index contributed by atoms with van der Waals surface area (Å²) in [5.41, 5.74) is 6.13. The van der Waals surface area contributed by atoms with E-state index in [0.717, 1.165) is 11.6 Å². The molecule has 2 heterocycles. The van der Waals surface area contributed by atoms with Crippen LogP contribution in [0.4, 0.5) is 4.39 Å². The molecule has 0 saturated heterocycles. The Hall–Kier alpha value is -4.65. The number of amides is 1. The summed E-state index contributed by atoms with van der Waals surface area (Å²) < 4.78 is 36.3. The SMILES string of the molecule is CCC(COC(=O)CN)NC(=O)c1ccc(-c2noc(C(C)Oc3ccc(-c4noc(C(C)C)n4)cc3)n2)cc1F. The molecule has 41 heavy (non-hydrogen) atoms. The number of ether oxygens (including phenoxy) is 2. The molecule has 0 aliphatic heterocycles. The highest BCUT2D eigenvalue weighted by Crippen LogP contribution is 2.27. The van der Waals surface area contributed by atoms with Crippen LogP contribution in [-0.4, -0.2) is 51.4 Å². The van der Waals surface area contributed by atoms with Gasteiger partial charge in [-0.1, -0.05) is 37.2 Å². The molecule has 0 spiro atoms. The van der Waals surface area contributed by atoms with E-state index in [2.05, 4.69) is 25.6 Å². The Kier molecular flexibility index (Phi) is 9.40. The van der Waals surface area contributed by atoms with Crippen molar-refractivity contribution in [2.24, 2.45) is 5.73 Å². The lowest BCUT2D eigenvalue weighted by atomic mass is 10.1. The van der Waals surface area contributed by atoms with Crippen LogP contribution in [0.1, 0.15) is 68.3 Å². The van der Waals surface area contributed by atoms with Gasteiger partial charge in [0.2, 0.25) is 17.5 Å². The van der Waals surface area contributed by atoms with Crippen molar-refractivity contribution in [1.82, 2.24) is 25.6 Å². The number of nitrogens with one attached hydrogen (secondary N) is 1. The van der Waals surface area contributed by atoms with Crippen LogP contribution in [0.25, 0.3) is 22.8 Å². The number of nitrogens with zero attached hydrogens (tertiary/aromatic N) is 4. The molecular formula is C28H31FN6O6. The Morgan fingerprint density at radius 3 is 2.22 bits per heavy atom. The first-order valence-electron chi connectivity index (χ1n) is 13.1. The van der Waals surface area contributed by atoms with Gasteiger partial charge in [-0.25, -0.2) is 4.39 Å². The Morgan fingerprint density at radius 1 is 0.976 bits per heavy atom. The molecule has 1 amide bonds. The Bertz CT molecular complexity index is 1490. The molecule has 216 valence electrons. The van der Waals surface area contributed by atoms with Gasteiger partial charge in [0.25, 0.3) is 11.8 Å². The maximum absolute atomic E-state index is 14.9. The van der Waals surface area contributed by atoms with Crippen molar-refractivity contribution in [3.63, 3.8) is 0 Å². The molecular weight excluding hydrogens is 535 g/mol. The molecule has 0 saturated carbocycles. The van der Waals surface area contributed by atoms with Crippen LogP contribution in [0, 0.1) is 5.82 Å². The number of halogens is 1. The number of aromatic nitrogens is 4. The molecule has 2 atom stereocenters. The fraction of sp³-hybridized carbons (Fsp3) is 0.357. The van der Waals surface area contributed by atoms with Crippen LogP contribution in [-0.2, 0) is 9.53 Å². The summed E-state index contributed by atoms with van der Waals surface area (Å²) in [6.07, 6.45) is -0.133. The summed E-state index contributed by atoms with van der Waals surface area (Å²) >= 11 is 0. The zero-order chi connectivity index (χ0) is 29.5. The van der Waals surface area contributed by atoms with E-state index in [-0.39, 0.29) is 36.3 Å². The van der Waals surface area contributed by atoms with E-state index in [1.165, 1.54) is 12.1 Å². The minimum Gasteiger partial charge on any atom is -0.481 e. The summed E-state index contributed by atoms with van der Waals surface area (Å²) in [6, 6.07) is 10.6. The van der Waals surface area contributed by atoms with Crippen LogP contribution in [0.5, 0.6) is 5.75 Å². The van der Waals surface area contributed by atoms with E-state index >= 15 is 0 Å². The van der Waals surface area contributed by atoms with E-state index in [9.17, 15) is 14.0 Å². The number of hydrogen-bond acceptors (Lipinski definition) is 11. The van der Waals surface area contributed by atoms with Gasteiger partial charge < -0.3 is 29.6 Å². The molecule has 12 nitrogen and oxygen atoms in total. The average Bonchev–Trinajstić information content (AvgIpc) is 3.66. The van der Waals surface area contributed by atoms with E-state index in [1.54, 1.807) is 26.0 Å². The maximum atomic E-state index is 14.9. The predicted octanol–water partition coefficient (Wildman–Crippen LogP) is 4.20. The minimum absolute atomic E-state index is 0.0635. The lowest BCUT2D eigenvalue weighted by Gasteiger charge is -2.17. The number of benzene rings is 2. The van der Waals surface area contributed by atoms with Crippen LogP contribution in [0.15, 0.2) is 51.5 Å². The second-order valence-corrected chi connectivity index (χ2v) is 9.51. The summed E-state index contributed by atoms with van der Waals surface area (Å²) in [4.78, 5) is 32.6. The van der Waals surface area contributed by atoms with E-state index < -0.39 is 29.8 Å². The normalized spacial score (nSPS) is 12.7. The third-order valence-electron chi connectivity index (χ3n) is 6.06. The number of carbonyl (C=O) groups is 2. The maximum Gasteiger partial charge on any atom is 0.319 e. The molecule has 2 aromatic heterocycles. The van der Waals surface area contributed by atoms with Gasteiger partial charge in [-0.3, -0.25) is 9.59 Å². The van der Waals surface area contributed by atoms with Crippen molar-refractivity contribution in [2.45, 2.75) is 52.2 Å². The molecule has 2 unspecified atom stereocenters. The summed E-state index contributed by atoms with van der Waals surface area (Å²) in [5, 5.41) is 10.6. The van der Waals surface area contributed by atoms with Crippen molar-refractivity contribution in [3.05, 3.63) is 65.6 Å². The van der Waals surface area contributed by atoms with Gasteiger partial charge in [-0.2, -0.15) is 9.97 Å². The molecule has 0 radical (unpaired) electrons. The molecule has 4 rings (SSSR count). The molecule has 4 aromatic rings. The van der Waals surface area contributed by atoms with Crippen LogP contribution >= 0.6 is 0 Å². The number of carbonyl (C=O) groups excluding carboxylic acids is 2. The van der Waals surface area contributed by atoms with Gasteiger partial charge >= 0.3 is 5.97 Å². The quantitative estimate of drug-likeness (QED) is 0.236. The van der Waals surface area contributed by atoms with Crippen LogP contribution < -0.4 is 15.8 Å².